The topological polar surface area (TPSA) is 29.3 Å². The largest absolute Gasteiger partial charge is 0.436 e. The Hall–Kier alpha value is -7.49. The number of aromatic nitrogens is 1. The quantitative estimate of drug-likeness (QED) is 0.157. The predicted octanol–water partition coefficient (Wildman–Crippen LogP) is 14.8. The molecule has 10 rings (SSSR count). The van der Waals surface area contributed by atoms with Crippen LogP contribution in [-0.2, 0) is 0 Å². The Morgan fingerprint density at radius 2 is 0.768 bits per heavy atom. The lowest BCUT2D eigenvalue weighted by molar-refractivity contribution is 0.620. The normalized spacial score (nSPS) is 11.2. The van der Waals surface area contributed by atoms with Gasteiger partial charge < -0.3 is 9.32 Å². The summed E-state index contributed by atoms with van der Waals surface area (Å²) < 4.78 is 6.35. The predicted molar refractivity (Wildman–Crippen MR) is 233 cm³/mol. The molecule has 0 radical (unpaired) electrons. The summed E-state index contributed by atoms with van der Waals surface area (Å²) in [5.41, 5.74) is 15.2. The van der Waals surface area contributed by atoms with E-state index < -0.39 is 0 Å². The number of benzene rings is 9. The van der Waals surface area contributed by atoms with Gasteiger partial charge in [0.25, 0.3) is 0 Å². The first kappa shape index (κ1) is 33.1. The smallest absolute Gasteiger partial charge is 0.227 e. The minimum Gasteiger partial charge on any atom is -0.436 e. The molecular weight excluding hydrogens is 681 g/mol. The van der Waals surface area contributed by atoms with Crippen LogP contribution in [0.2, 0.25) is 0 Å². The van der Waals surface area contributed by atoms with E-state index in [9.17, 15) is 0 Å². The van der Waals surface area contributed by atoms with Crippen molar-refractivity contribution in [2.75, 3.05) is 4.90 Å². The fourth-order valence-electron chi connectivity index (χ4n) is 7.68. The molecule has 0 N–H and O–H groups in total. The van der Waals surface area contributed by atoms with Crippen molar-refractivity contribution in [3.05, 3.63) is 218 Å². The Bertz CT molecular complexity index is 2920. The number of nitrogens with zero attached hydrogens (tertiary/aromatic N) is 2. The van der Waals surface area contributed by atoms with Crippen LogP contribution in [0.25, 0.3) is 77.8 Å². The van der Waals surface area contributed by atoms with E-state index in [0.717, 1.165) is 66.8 Å². The average molecular weight is 717 g/mol. The number of hydrogen-bond acceptors (Lipinski definition) is 3. The zero-order chi connectivity index (χ0) is 37.3. The maximum absolute atomic E-state index is 6.35. The third-order valence-corrected chi connectivity index (χ3v) is 10.5. The molecule has 1 heterocycles. The summed E-state index contributed by atoms with van der Waals surface area (Å²) in [5.74, 6) is 0.633. The van der Waals surface area contributed by atoms with Gasteiger partial charge in [-0.05, 0) is 104 Å². The van der Waals surface area contributed by atoms with Crippen molar-refractivity contribution < 1.29 is 4.42 Å². The maximum atomic E-state index is 6.35. The number of hydrogen-bond donors (Lipinski definition) is 0. The van der Waals surface area contributed by atoms with Crippen molar-refractivity contribution in [3.8, 4) is 56.0 Å². The van der Waals surface area contributed by atoms with E-state index in [0.29, 0.717) is 5.89 Å². The summed E-state index contributed by atoms with van der Waals surface area (Å²) in [5, 5.41) is 2.23. The highest BCUT2D eigenvalue weighted by molar-refractivity contribution is 6.11. The van der Waals surface area contributed by atoms with Gasteiger partial charge in [0.15, 0.2) is 5.58 Å². The molecule has 3 heteroatoms. The second kappa shape index (κ2) is 14.4. The van der Waals surface area contributed by atoms with Gasteiger partial charge in [0.2, 0.25) is 5.89 Å². The number of oxazole rings is 1. The van der Waals surface area contributed by atoms with Crippen LogP contribution >= 0.6 is 0 Å². The van der Waals surface area contributed by atoms with E-state index in [1.54, 1.807) is 0 Å². The van der Waals surface area contributed by atoms with Gasteiger partial charge in [-0.1, -0.05) is 164 Å². The van der Waals surface area contributed by atoms with E-state index in [-0.39, 0.29) is 0 Å². The highest BCUT2D eigenvalue weighted by Gasteiger charge is 2.17. The van der Waals surface area contributed by atoms with Gasteiger partial charge in [0, 0.05) is 28.0 Å². The highest BCUT2D eigenvalue weighted by Crippen LogP contribution is 2.40. The van der Waals surface area contributed by atoms with Gasteiger partial charge in [-0.2, -0.15) is 0 Å². The first-order valence-corrected chi connectivity index (χ1v) is 18.9. The summed E-state index contributed by atoms with van der Waals surface area (Å²) in [4.78, 5) is 7.26. The van der Waals surface area contributed by atoms with Crippen LogP contribution in [0.15, 0.2) is 223 Å². The lowest BCUT2D eigenvalue weighted by atomic mass is 9.95. The molecule has 0 unspecified atom stereocenters. The monoisotopic (exact) mass is 716 g/mol. The molecule has 0 atom stereocenters. The van der Waals surface area contributed by atoms with E-state index in [2.05, 4.69) is 193 Å². The molecule has 0 aliphatic rings. The molecule has 9 aromatic carbocycles. The molecule has 0 spiro atoms. The molecule has 0 saturated heterocycles. The number of anilines is 3. The van der Waals surface area contributed by atoms with Crippen molar-refractivity contribution in [2.45, 2.75) is 0 Å². The number of rotatable bonds is 8. The summed E-state index contributed by atoms with van der Waals surface area (Å²) in [7, 11) is 0. The SMILES string of the molecule is c1ccc(-c2ccc(N(c3ccc(-c4ccc(-c5cc6oc(-c7ccccc7)nc6c6ccccc56)cc4)cc3)c3cccc(-c4ccccc4)c3)cc2)cc1. The molecular formula is C53H36N2O. The van der Waals surface area contributed by atoms with Gasteiger partial charge in [0.1, 0.15) is 5.52 Å². The Kier molecular flexibility index (Phi) is 8.51. The minimum atomic E-state index is 0.633. The molecule has 0 saturated carbocycles. The van der Waals surface area contributed by atoms with Crippen molar-refractivity contribution in [2.24, 2.45) is 0 Å². The lowest BCUT2D eigenvalue weighted by Gasteiger charge is -2.26. The van der Waals surface area contributed by atoms with Crippen LogP contribution in [0, 0.1) is 0 Å². The molecule has 0 fully saturated rings. The first-order valence-electron chi connectivity index (χ1n) is 18.9. The fourth-order valence-corrected chi connectivity index (χ4v) is 7.68. The zero-order valence-corrected chi connectivity index (χ0v) is 30.6. The third kappa shape index (κ3) is 6.31. The molecule has 10 aromatic rings. The minimum absolute atomic E-state index is 0.633. The highest BCUT2D eigenvalue weighted by atomic mass is 16.3. The Labute approximate surface area is 326 Å². The lowest BCUT2D eigenvalue weighted by Crippen LogP contribution is -2.10. The Morgan fingerprint density at radius 3 is 1.36 bits per heavy atom. The molecule has 3 nitrogen and oxygen atoms in total. The summed E-state index contributed by atoms with van der Waals surface area (Å²) in [6.07, 6.45) is 0. The Morgan fingerprint density at radius 1 is 0.321 bits per heavy atom. The van der Waals surface area contributed by atoms with Crippen LogP contribution < -0.4 is 4.90 Å². The summed E-state index contributed by atoms with van der Waals surface area (Å²) >= 11 is 0. The standard InChI is InChI=1S/C53H36N2O/c1-4-13-37(14-5-1)40-27-31-45(32-28-40)55(47-20-12-19-44(35-47)38-15-6-2-7-16-38)46-33-29-41(30-34-46)39-23-25-42(26-24-39)50-36-51-52(49-22-11-10-21-48(49)50)54-53(56-51)43-17-8-3-9-18-43/h1-36H. The van der Waals surface area contributed by atoms with Crippen LogP contribution in [0.3, 0.4) is 0 Å². The fraction of sp³-hybridized carbons (Fsp3) is 0. The van der Waals surface area contributed by atoms with Gasteiger partial charge in [-0.3, -0.25) is 0 Å². The molecule has 0 bridgehead atoms. The molecule has 1 aromatic heterocycles. The molecule has 0 aliphatic heterocycles. The Balaban J connectivity index is 0.988. The number of fused-ring (bicyclic) bond motifs is 3. The average Bonchev–Trinajstić information content (AvgIpc) is 3.73. The van der Waals surface area contributed by atoms with Crippen molar-refractivity contribution in [1.29, 1.82) is 0 Å². The second-order valence-electron chi connectivity index (χ2n) is 14.0. The summed E-state index contributed by atoms with van der Waals surface area (Å²) in [6, 6.07) is 77.1. The van der Waals surface area contributed by atoms with E-state index in [4.69, 9.17) is 9.40 Å². The van der Waals surface area contributed by atoms with E-state index in [1.807, 2.05) is 30.3 Å². The van der Waals surface area contributed by atoms with E-state index in [1.165, 1.54) is 22.3 Å². The molecule has 56 heavy (non-hydrogen) atoms. The first-order chi connectivity index (χ1) is 27.7. The molecule has 0 amide bonds. The molecule has 0 aliphatic carbocycles. The van der Waals surface area contributed by atoms with Crippen LogP contribution in [0.5, 0.6) is 0 Å². The van der Waals surface area contributed by atoms with Crippen LogP contribution in [0.4, 0.5) is 17.1 Å². The summed E-state index contributed by atoms with van der Waals surface area (Å²) in [6.45, 7) is 0. The van der Waals surface area contributed by atoms with Crippen LogP contribution in [0.1, 0.15) is 0 Å². The zero-order valence-electron chi connectivity index (χ0n) is 30.6. The van der Waals surface area contributed by atoms with Gasteiger partial charge >= 0.3 is 0 Å². The second-order valence-corrected chi connectivity index (χ2v) is 14.0. The van der Waals surface area contributed by atoms with Crippen molar-refractivity contribution in [1.82, 2.24) is 4.98 Å². The van der Waals surface area contributed by atoms with Gasteiger partial charge in [-0.15, -0.1) is 0 Å². The maximum Gasteiger partial charge on any atom is 0.227 e. The third-order valence-electron chi connectivity index (χ3n) is 10.5. The van der Waals surface area contributed by atoms with E-state index >= 15 is 0 Å². The van der Waals surface area contributed by atoms with Gasteiger partial charge in [0.05, 0.1) is 0 Å². The molecule has 264 valence electrons. The van der Waals surface area contributed by atoms with Crippen LogP contribution in [-0.4, -0.2) is 4.98 Å². The van der Waals surface area contributed by atoms with Crippen molar-refractivity contribution in [3.63, 3.8) is 0 Å². The van der Waals surface area contributed by atoms with Crippen molar-refractivity contribution >= 4 is 38.9 Å². The van der Waals surface area contributed by atoms with Gasteiger partial charge in [-0.25, -0.2) is 4.98 Å².